The van der Waals surface area contributed by atoms with Gasteiger partial charge in [-0.1, -0.05) is 0 Å². The standard InChI is InChI=1S/C6H6N2OTe/c9-10-7-5-3-1-2-4-6(5)8-10/h1-4,7-8H. The second-order valence-electron chi connectivity index (χ2n) is 2.02. The summed E-state index contributed by atoms with van der Waals surface area (Å²) in [4.78, 5) is 0. The third-order valence-electron chi connectivity index (χ3n) is 1.33. The molecular weight excluding hydrogens is 244 g/mol. The maximum absolute atomic E-state index is 10.9. The van der Waals surface area contributed by atoms with Crippen molar-refractivity contribution in [3.05, 3.63) is 24.3 Å². The van der Waals surface area contributed by atoms with Crippen molar-refractivity contribution >= 4 is 31.5 Å². The zero-order valence-electron chi connectivity index (χ0n) is 5.13. The van der Waals surface area contributed by atoms with Gasteiger partial charge in [-0.15, -0.1) is 0 Å². The van der Waals surface area contributed by atoms with E-state index in [4.69, 9.17) is 0 Å². The predicted molar refractivity (Wildman–Crippen MR) is 40.1 cm³/mol. The van der Waals surface area contributed by atoms with Crippen LogP contribution < -0.4 is 7.13 Å². The van der Waals surface area contributed by atoms with Crippen LogP contribution in [-0.4, -0.2) is 20.1 Å². The van der Waals surface area contributed by atoms with Crippen LogP contribution in [0.25, 0.3) is 0 Å². The molecule has 0 bridgehead atoms. The normalized spacial score (nSPS) is 15.6. The molecule has 1 aliphatic heterocycles. The van der Waals surface area contributed by atoms with E-state index in [2.05, 4.69) is 7.13 Å². The second-order valence-corrected chi connectivity index (χ2v) is 4.72. The molecule has 0 amide bonds. The van der Waals surface area contributed by atoms with Crippen LogP contribution in [0.5, 0.6) is 0 Å². The summed E-state index contributed by atoms with van der Waals surface area (Å²) in [5.74, 6) is 0. The van der Waals surface area contributed by atoms with Crippen LogP contribution in [0.3, 0.4) is 0 Å². The summed E-state index contributed by atoms with van der Waals surface area (Å²) in [6.07, 6.45) is 0. The molecule has 4 heteroatoms. The van der Waals surface area contributed by atoms with Crippen molar-refractivity contribution < 1.29 is 3.10 Å². The molecular formula is C6H6N2OTe. The predicted octanol–water partition coefficient (Wildman–Crippen LogP) is 0.939. The number of rotatable bonds is 0. The molecule has 1 heterocycles. The van der Waals surface area contributed by atoms with Gasteiger partial charge in [-0.3, -0.25) is 0 Å². The van der Waals surface area contributed by atoms with Crippen LogP contribution in [0.4, 0.5) is 11.4 Å². The van der Waals surface area contributed by atoms with Crippen molar-refractivity contribution in [1.82, 2.24) is 0 Å². The molecule has 0 aliphatic carbocycles. The summed E-state index contributed by atoms with van der Waals surface area (Å²) in [7, 11) is 0. The molecule has 0 atom stereocenters. The van der Waals surface area contributed by atoms with Crippen LogP contribution >= 0.6 is 0 Å². The molecule has 0 fully saturated rings. The number of anilines is 2. The quantitative estimate of drug-likeness (QED) is 0.673. The van der Waals surface area contributed by atoms with Gasteiger partial charge in [0, 0.05) is 0 Å². The molecule has 10 heavy (non-hydrogen) atoms. The van der Waals surface area contributed by atoms with Crippen molar-refractivity contribution in [3.63, 3.8) is 0 Å². The number of para-hydroxylation sites is 2. The van der Waals surface area contributed by atoms with Crippen molar-refractivity contribution in [1.29, 1.82) is 0 Å². The average Bonchev–Trinajstić information content (AvgIpc) is 2.27. The van der Waals surface area contributed by atoms with Gasteiger partial charge in [0.15, 0.2) is 0 Å². The molecule has 1 aromatic rings. The van der Waals surface area contributed by atoms with Gasteiger partial charge in [-0.2, -0.15) is 0 Å². The monoisotopic (exact) mass is 252 g/mol. The van der Waals surface area contributed by atoms with Gasteiger partial charge in [-0.25, -0.2) is 0 Å². The van der Waals surface area contributed by atoms with Gasteiger partial charge >= 0.3 is 66.0 Å². The fourth-order valence-corrected chi connectivity index (χ4v) is 3.19. The first-order valence-electron chi connectivity index (χ1n) is 2.90. The first-order valence-corrected chi connectivity index (χ1v) is 6.18. The third-order valence-corrected chi connectivity index (χ3v) is 3.65. The van der Waals surface area contributed by atoms with E-state index in [1.165, 1.54) is 0 Å². The molecule has 0 saturated carbocycles. The molecule has 0 spiro atoms. The van der Waals surface area contributed by atoms with Crippen LogP contribution in [-0.2, 0) is 3.10 Å². The number of fused-ring (bicyclic) bond motifs is 1. The van der Waals surface area contributed by atoms with Gasteiger partial charge in [0.05, 0.1) is 0 Å². The third kappa shape index (κ3) is 0.898. The Kier molecular flexibility index (Phi) is 1.37. The van der Waals surface area contributed by atoms with Crippen molar-refractivity contribution in [2.45, 2.75) is 0 Å². The summed E-state index contributed by atoms with van der Waals surface area (Å²) >= 11 is -2.36. The van der Waals surface area contributed by atoms with Crippen LogP contribution in [0.15, 0.2) is 24.3 Å². The Bertz CT molecular complexity index is 260. The Hall–Kier alpha value is -0.590. The minimum absolute atomic E-state index is 0.967. The van der Waals surface area contributed by atoms with Gasteiger partial charge in [0.2, 0.25) is 0 Å². The van der Waals surface area contributed by atoms with E-state index in [0.29, 0.717) is 0 Å². The molecule has 0 radical (unpaired) electrons. The van der Waals surface area contributed by atoms with Crippen LogP contribution in [0, 0.1) is 0 Å². The van der Waals surface area contributed by atoms with Crippen molar-refractivity contribution in [2.24, 2.45) is 0 Å². The van der Waals surface area contributed by atoms with E-state index in [1.807, 2.05) is 24.3 Å². The van der Waals surface area contributed by atoms with Gasteiger partial charge < -0.3 is 0 Å². The minimum atomic E-state index is -2.36. The molecule has 3 nitrogen and oxygen atoms in total. The molecule has 52 valence electrons. The van der Waals surface area contributed by atoms with Crippen molar-refractivity contribution in [3.8, 4) is 0 Å². The Morgan fingerprint density at radius 2 is 1.60 bits per heavy atom. The summed E-state index contributed by atoms with van der Waals surface area (Å²) in [5.41, 5.74) is 1.93. The maximum atomic E-state index is 10.9. The number of nitrogens with one attached hydrogen (secondary N) is 2. The topological polar surface area (TPSA) is 41.1 Å². The molecule has 0 saturated heterocycles. The number of hydrogen-bond acceptors (Lipinski definition) is 1. The van der Waals surface area contributed by atoms with E-state index >= 15 is 0 Å². The first-order chi connectivity index (χ1) is 4.86. The fourth-order valence-electron chi connectivity index (χ4n) is 0.886. The van der Waals surface area contributed by atoms with E-state index in [1.54, 1.807) is 0 Å². The van der Waals surface area contributed by atoms with Crippen LogP contribution in [0.2, 0.25) is 0 Å². The van der Waals surface area contributed by atoms with E-state index in [9.17, 15) is 3.10 Å². The number of hydrogen-bond donors (Lipinski definition) is 2. The first kappa shape index (κ1) is 6.14. The molecule has 1 aliphatic rings. The zero-order chi connectivity index (χ0) is 6.97. The summed E-state index contributed by atoms with van der Waals surface area (Å²) in [5, 5.41) is 0. The van der Waals surface area contributed by atoms with Gasteiger partial charge in [0.1, 0.15) is 0 Å². The Morgan fingerprint density at radius 3 is 2.10 bits per heavy atom. The molecule has 2 rings (SSSR count). The fraction of sp³-hybridized carbons (Fsp3) is 0. The van der Waals surface area contributed by atoms with Crippen molar-refractivity contribution in [2.75, 3.05) is 7.13 Å². The number of benzene rings is 1. The summed E-state index contributed by atoms with van der Waals surface area (Å²) in [6.45, 7) is 0. The summed E-state index contributed by atoms with van der Waals surface area (Å²) < 4.78 is 16.7. The molecule has 1 aromatic carbocycles. The molecule has 0 aromatic heterocycles. The average molecular weight is 250 g/mol. The van der Waals surface area contributed by atoms with E-state index in [0.717, 1.165) is 11.4 Å². The van der Waals surface area contributed by atoms with Gasteiger partial charge in [0.25, 0.3) is 0 Å². The zero-order valence-corrected chi connectivity index (χ0v) is 7.46. The summed E-state index contributed by atoms with van der Waals surface area (Å²) in [6, 6.07) is 7.68. The SMILES string of the molecule is O=[Te]1Nc2ccccc2N1. The van der Waals surface area contributed by atoms with Gasteiger partial charge in [-0.05, 0) is 0 Å². The van der Waals surface area contributed by atoms with Crippen LogP contribution in [0.1, 0.15) is 0 Å². The Morgan fingerprint density at radius 1 is 1.10 bits per heavy atom. The molecule has 2 N–H and O–H groups in total. The Labute approximate surface area is 66.1 Å². The van der Waals surface area contributed by atoms with E-state index < -0.39 is 20.1 Å². The Balaban J connectivity index is 2.51. The van der Waals surface area contributed by atoms with E-state index in [-0.39, 0.29) is 0 Å². The second kappa shape index (κ2) is 2.22. The molecule has 0 unspecified atom stereocenters.